The van der Waals surface area contributed by atoms with Gasteiger partial charge in [-0.2, -0.15) is 0 Å². The first kappa shape index (κ1) is 22.4. The summed E-state index contributed by atoms with van der Waals surface area (Å²) in [6, 6.07) is 43.3. The lowest BCUT2D eigenvalue weighted by Crippen LogP contribution is -2.16. The minimum absolute atomic E-state index is 0.701. The number of fused-ring (bicyclic) bond motifs is 5. The van der Waals surface area contributed by atoms with Gasteiger partial charge in [0.15, 0.2) is 0 Å². The molecule has 40 heavy (non-hydrogen) atoms. The molecule has 5 nitrogen and oxygen atoms in total. The fourth-order valence-electron chi connectivity index (χ4n) is 5.70. The molecule has 0 bridgehead atoms. The molecule has 0 unspecified atom stereocenters. The molecule has 6 aromatic rings. The summed E-state index contributed by atoms with van der Waals surface area (Å²) in [5, 5.41) is 15.5. The summed E-state index contributed by atoms with van der Waals surface area (Å²) < 4.78 is 0. The van der Waals surface area contributed by atoms with Gasteiger partial charge in [-0.25, -0.2) is 9.98 Å². The molecular weight excluding hydrogens is 490 g/mol. The van der Waals surface area contributed by atoms with Crippen molar-refractivity contribution in [3.63, 3.8) is 0 Å². The Hall–Kier alpha value is -5.55. The van der Waals surface area contributed by atoms with Crippen LogP contribution in [0.25, 0.3) is 39.1 Å². The van der Waals surface area contributed by atoms with E-state index in [1.165, 1.54) is 0 Å². The van der Waals surface area contributed by atoms with Crippen molar-refractivity contribution in [2.24, 2.45) is 9.98 Å². The Balaban J connectivity index is 1.46. The minimum atomic E-state index is 0.701. The van der Waals surface area contributed by atoms with Gasteiger partial charge in [-0.1, -0.05) is 109 Å². The van der Waals surface area contributed by atoms with Crippen molar-refractivity contribution in [2.75, 3.05) is 0 Å². The average molecular weight is 512 g/mol. The largest absolute Gasteiger partial charge is 0.248 e. The molecular formula is C35H21N5. The number of hydrogen-bond acceptors (Lipinski definition) is 5. The summed E-state index contributed by atoms with van der Waals surface area (Å²) in [6.45, 7) is 0. The average Bonchev–Trinajstić information content (AvgIpc) is 3.60. The first-order valence-corrected chi connectivity index (χ1v) is 13.2. The zero-order chi connectivity index (χ0) is 26.5. The third-order valence-electron chi connectivity index (χ3n) is 7.46. The maximum absolute atomic E-state index is 5.36. The molecule has 8 rings (SSSR count). The number of para-hydroxylation sites is 1. The normalized spacial score (nSPS) is 12.8. The van der Waals surface area contributed by atoms with Gasteiger partial charge >= 0.3 is 0 Å². The van der Waals surface area contributed by atoms with E-state index in [0.717, 1.165) is 72.3 Å². The highest BCUT2D eigenvalue weighted by atomic mass is 15.3. The van der Waals surface area contributed by atoms with E-state index in [4.69, 9.17) is 9.98 Å². The molecule has 0 aliphatic carbocycles. The smallest absolute Gasteiger partial charge is 0.124 e. The molecule has 1 aromatic heterocycles. The molecule has 2 aliphatic heterocycles. The van der Waals surface area contributed by atoms with Crippen molar-refractivity contribution in [1.29, 1.82) is 0 Å². The van der Waals surface area contributed by atoms with Gasteiger partial charge in [0.05, 0.1) is 16.7 Å². The van der Waals surface area contributed by atoms with Crippen LogP contribution in [-0.4, -0.2) is 21.1 Å². The van der Waals surface area contributed by atoms with Crippen LogP contribution in [0.5, 0.6) is 0 Å². The Morgan fingerprint density at radius 2 is 1.07 bits per heavy atom. The topological polar surface area (TPSA) is 63.4 Å². The number of benzene rings is 5. The summed E-state index contributed by atoms with van der Waals surface area (Å²) in [5.41, 5.74) is 11.3. The Morgan fingerprint density at radius 1 is 0.450 bits per heavy atom. The second-order valence-electron chi connectivity index (χ2n) is 9.78. The Kier molecular flexibility index (Phi) is 5.07. The van der Waals surface area contributed by atoms with Crippen LogP contribution in [0.2, 0.25) is 0 Å². The number of hydrogen-bond donors (Lipinski definition) is 0. The third kappa shape index (κ3) is 3.45. The third-order valence-corrected chi connectivity index (χ3v) is 7.46. The van der Waals surface area contributed by atoms with E-state index in [1.54, 1.807) is 0 Å². The lowest BCUT2D eigenvalue weighted by molar-refractivity contribution is 0.867. The van der Waals surface area contributed by atoms with Gasteiger partial charge in [0.2, 0.25) is 0 Å². The predicted molar refractivity (Wildman–Crippen MR) is 158 cm³/mol. The van der Waals surface area contributed by atoms with Crippen molar-refractivity contribution < 1.29 is 0 Å². The van der Waals surface area contributed by atoms with Gasteiger partial charge < -0.3 is 0 Å². The fourth-order valence-corrected chi connectivity index (χ4v) is 5.70. The fraction of sp³-hybridized carbons (Fsp3) is 0. The van der Waals surface area contributed by atoms with Gasteiger partial charge in [0, 0.05) is 33.0 Å². The van der Waals surface area contributed by atoms with E-state index in [-0.39, 0.29) is 0 Å². The molecule has 3 heterocycles. The number of rotatable bonds is 4. The highest BCUT2D eigenvalue weighted by Gasteiger charge is 2.30. The molecule has 186 valence electrons. The van der Waals surface area contributed by atoms with Gasteiger partial charge in [-0.15, -0.1) is 10.2 Å². The molecule has 5 heteroatoms. The molecule has 0 saturated heterocycles. The van der Waals surface area contributed by atoms with E-state index < -0.39 is 0 Å². The summed E-state index contributed by atoms with van der Waals surface area (Å²) in [6.07, 6.45) is 0. The molecule has 0 saturated carbocycles. The van der Waals surface area contributed by atoms with Gasteiger partial charge in [0.1, 0.15) is 17.1 Å². The molecule has 0 N–H and O–H groups in total. The van der Waals surface area contributed by atoms with E-state index in [0.29, 0.717) is 5.69 Å². The second-order valence-corrected chi connectivity index (χ2v) is 9.78. The summed E-state index contributed by atoms with van der Waals surface area (Å²) in [5.74, 6) is 0. The van der Waals surface area contributed by atoms with Crippen LogP contribution in [0.3, 0.4) is 0 Å². The molecule has 0 fully saturated rings. The zero-order valence-electron chi connectivity index (χ0n) is 21.4. The standard InChI is InChI=1S/C35H21N5/c1-4-12-22(13-5-1)29-26-20-21-28-31(25-18-10-11-19-27(25)36-28)33(26)37-34(29)35-30(23-14-6-2-7-15-23)32(38-40-39-35)24-16-8-3-9-17-24/h1-21H. The van der Waals surface area contributed by atoms with Crippen LogP contribution < -0.4 is 10.6 Å². The summed E-state index contributed by atoms with van der Waals surface area (Å²) in [7, 11) is 0. The van der Waals surface area contributed by atoms with Gasteiger partial charge in [0.25, 0.3) is 0 Å². The SMILES string of the molecule is c1ccc(C2=c3ccc4c(c3N=C2c2nnnc(-c3ccccc3)c2-c2ccccc2)-c2ccccc2N=4)cc1. The van der Waals surface area contributed by atoms with Gasteiger partial charge in [-0.05, 0) is 34.5 Å². The van der Waals surface area contributed by atoms with E-state index >= 15 is 0 Å². The van der Waals surface area contributed by atoms with E-state index in [1.807, 2.05) is 48.5 Å². The maximum atomic E-state index is 5.36. The van der Waals surface area contributed by atoms with Crippen LogP contribution in [-0.2, 0) is 0 Å². The molecule has 5 aromatic carbocycles. The number of nitrogens with zero attached hydrogens (tertiary/aromatic N) is 5. The summed E-state index contributed by atoms with van der Waals surface area (Å²) >= 11 is 0. The first-order valence-electron chi connectivity index (χ1n) is 13.2. The second kappa shape index (κ2) is 9.03. The first-order chi connectivity index (χ1) is 19.9. The number of aromatic nitrogens is 3. The van der Waals surface area contributed by atoms with Crippen LogP contribution >= 0.6 is 0 Å². The molecule has 0 spiro atoms. The van der Waals surface area contributed by atoms with Crippen LogP contribution in [0, 0.1) is 0 Å². The zero-order valence-corrected chi connectivity index (χ0v) is 21.4. The van der Waals surface area contributed by atoms with Crippen LogP contribution in [0.15, 0.2) is 137 Å². The highest BCUT2D eigenvalue weighted by molar-refractivity contribution is 6.35. The van der Waals surface area contributed by atoms with E-state index in [2.05, 4.69) is 94.3 Å². The molecule has 0 atom stereocenters. The van der Waals surface area contributed by atoms with Crippen LogP contribution in [0.4, 0.5) is 11.4 Å². The molecule has 2 aliphatic rings. The lowest BCUT2D eigenvalue weighted by Gasteiger charge is -2.14. The Bertz CT molecular complexity index is 2080. The number of aliphatic imine (C=N–C) groups is 1. The predicted octanol–water partition coefficient (Wildman–Crippen LogP) is 6.47. The Labute approximate surface area is 230 Å². The maximum Gasteiger partial charge on any atom is 0.124 e. The Morgan fingerprint density at radius 3 is 1.82 bits per heavy atom. The lowest BCUT2D eigenvalue weighted by atomic mass is 9.91. The van der Waals surface area contributed by atoms with Crippen molar-refractivity contribution >= 4 is 22.7 Å². The van der Waals surface area contributed by atoms with Gasteiger partial charge in [-0.3, -0.25) is 0 Å². The molecule has 0 radical (unpaired) electrons. The van der Waals surface area contributed by atoms with Crippen molar-refractivity contribution in [3.05, 3.63) is 149 Å². The van der Waals surface area contributed by atoms with Crippen molar-refractivity contribution in [1.82, 2.24) is 15.4 Å². The van der Waals surface area contributed by atoms with Crippen molar-refractivity contribution in [3.8, 4) is 33.5 Å². The molecule has 0 amide bonds. The quantitative estimate of drug-likeness (QED) is 0.272. The highest BCUT2D eigenvalue weighted by Crippen LogP contribution is 2.41. The van der Waals surface area contributed by atoms with Crippen molar-refractivity contribution in [2.45, 2.75) is 0 Å². The minimum Gasteiger partial charge on any atom is -0.248 e. The summed E-state index contributed by atoms with van der Waals surface area (Å²) in [4.78, 5) is 10.3. The van der Waals surface area contributed by atoms with Crippen LogP contribution in [0.1, 0.15) is 11.3 Å². The monoisotopic (exact) mass is 511 g/mol. The van der Waals surface area contributed by atoms with E-state index in [9.17, 15) is 0 Å².